The van der Waals surface area contributed by atoms with Gasteiger partial charge in [0.25, 0.3) is 0 Å². The third-order valence-electron chi connectivity index (χ3n) is 3.29. The van der Waals surface area contributed by atoms with E-state index in [1.165, 1.54) is 0 Å². The van der Waals surface area contributed by atoms with Crippen molar-refractivity contribution in [3.8, 4) is 11.5 Å². The first-order valence-electron chi connectivity index (χ1n) is 7.17. The molecule has 0 spiro atoms. The van der Waals surface area contributed by atoms with Crippen LogP contribution in [0.5, 0.6) is 0 Å². The molecule has 0 atom stereocenters. The highest BCUT2D eigenvalue weighted by Gasteiger charge is 2.17. The second-order valence-electron chi connectivity index (χ2n) is 5.08. The van der Waals surface area contributed by atoms with Crippen LogP contribution in [-0.2, 0) is 18.2 Å². The molecule has 1 aromatic carbocycles. The van der Waals surface area contributed by atoms with E-state index in [-0.39, 0.29) is 6.61 Å². The molecule has 2 heterocycles. The highest BCUT2D eigenvalue weighted by atomic mass is 16.5. The van der Waals surface area contributed by atoms with E-state index in [2.05, 4.69) is 15.3 Å². The summed E-state index contributed by atoms with van der Waals surface area (Å²) in [5, 5.41) is 11.8. The van der Waals surface area contributed by atoms with Crippen LogP contribution >= 0.6 is 0 Å². The van der Waals surface area contributed by atoms with Gasteiger partial charge in [0.05, 0.1) is 23.9 Å². The van der Waals surface area contributed by atoms with Crippen LogP contribution in [0.1, 0.15) is 21.8 Å². The summed E-state index contributed by atoms with van der Waals surface area (Å²) in [6.45, 7) is 1.98. The molecule has 0 saturated carbocycles. The lowest BCUT2D eigenvalue weighted by Gasteiger charge is -2.06. The quantitative estimate of drug-likeness (QED) is 0.671. The number of rotatable bonds is 5. The van der Waals surface area contributed by atoms with Gasteiger partial charge >= 0.3 is 5.97 Å². The van der Waals surface area contributed by atoms with Crippen molar-refractivity contribution in [1.29, 1.82) is 0 Å². The number of carbonyl (C=O) groups is 1. The zero-order valence-corrected chi connectivity index (χ0v) is 12.9. The average Bonchev–Trinajstić information content (AvgIpc) is 3.16. The van der Waals surface area contributed by atoms with Crippen LogP contribution in [0.2, 0.25) is 0 Å². The minimum absolute atomic E-state index is 0.279. The molecule has 7 nitrogen and oxygen atoms in total. The van der Waals surface area contributed by atoms with Crippen molar-refractivity contribution >= 4 is 5.97 Å². The molecule has 2 aromatic heterocycles. The summed E-state index contributed by atoms with van der Waals surface area (Å²) in [4.78, 5) is 12.3. The summed E-state index contributed by atoms with van der Waals surface area (Å²) < 4.78 is 12.5. The SMILES string of the molecule is Cc1nnc(-c2ccccc2C(=O)OCCc2cnn(C)c2)o1. The van der Waals surface area contributed by atoms with Crippen LogP contribution in [0.15, 0.2) is 41.1 Å². The molecule has 3 aromatic rings. The monoisotopic (exact) mass is 312 g/mol. The molecule has 7 heteroatoms. The van der Waals surface area contributed by atoms with E-state index in [9.17, 15) is 4.79 Å². The fourth-order valence-corrected chi connectivity index (χ4v) is 2.19. The standard InChI is InChI=1S/C16H16N4O3/c1-11-18-19-15(23-11)13-5-3-4-6-14(13)16(21)22-8-7-12-9-17-20(2)10-12/h3-6,9-10H,7-8H2,1-2H3. The zero-order valence-electron chi connectivity index (χ0n) is 12.9. The normalized spacial score (nSPS) is 10.7. The second kappa shape index (κ2) is 6.43. The fourth-order valence-electron chi connectivity index (χ4n) is 2.19. The van der Waals surface area contributed by atoms with Gasteiger partial charge in [0.1, 0.15) is 0 Å². The van der Waals surface area contributed by atoms with Crippen molar-refractivity contribution in [3.05, 3.63) is 53.7 Å². The summed E-state index contributed by atoms with van der Waals surface area (Å²) >= 11 is 0. The molecule has 0 aliphatic carbocycles. The topological polar surface area (TPSA) is 83.0 Å². The Kier molecular flexibility index (Phi) is 4.18. The number of aromatic nitrogens is 4. The third kappa shape index (κ3) is 3.45. The van der Waals surface area contributed by atoms with E-state index in [1.54, 1.807) is 42.1 Å². The molecule has 3 rings (SSSR count). The molecule has 118 valence electrons. The number of hydrogen-bond acceptors (Lipinski definition) is 6. The maximum atomic E-state index is 12.3. The number of ether oxygens (including phenoxy) is 1. The molecule has 0 radical (unpaired) electrons. The minimum atomic E-state index is -0.416. The van der Waals surface area contributed by atoms with Gasteiger partial charge in [-0.2, -0.15) is 5.10 Å². The largest absolute Gasteiger partial charge is 0.462 e. The zero-order chi connectivity index (χ0) is 16.2. The lowest BCUT2D eigenvalue weighted by Crippen LogP contribution is -2.09. The van der Waals surface area contributed by atoms with Gasteiger partial charge in [-0.25, -0.2) is 4.79 Å². The van der Waals surface area contributed by atoms with Crippen molar-refractivity contribution in [3.63, 3.8) is 0 Å². The van der Waals surface area contributed by atoms with Gasteiger partial charge in [0.15, 0.2) is 0 Å². The van der Waals surface area contributed by atoms with E-state index in [0.717, 1.165) is 5.56 Å². The number of aryl methyl sites for hydroxylation is 2. The summed E-state index contributed by atoms with van der Waals surface area (Å²) in [5.74, 6) is 0.336. The van der Waals surface area contributed by atoms with Crippen molar-refractivity contribution in [2.75, 3.05) is 6.61 Å². The van der Waals surface area contributed by atoms with Gasteiger partial charge in [-0.1, -0.05) is 12.1 Å². The molecule has 0 unspecified atom stereocenters. The Hall–Kier alpha value is -2.96. The first-order chi connectivity index (χ1) is 11.1. The smallest absolute Gasteiger partial charge is 0.338 e. The van der Waals surface area contributed by atoms with Crippen molar-refractivity contribution in [2.45, 2.75) is 13.3 Å². The van der Waals surface area contributed by atoms with Gasteiger partial charge in [-0.15, -0.1) is 10.2 Å². The van der Waals surface area contributed by atoms with Gasteiger partial charge in [-0.05, 0) is 17.7 Å². The molecule has 23 heavy (non-hydrogen) atoms. The summed E-state index contributed by atoms with van der Waals surface area (Å²) in [6, 6.07) is 7.01. The number of hydrogen-bond donors (Lipinski definition) is 0. The van der Waals surface area contributed by atoms with E-state index >= 15 is 0 Å². The highest BCUT2D eigenvalue weighted by molar-refractivity contribution is 5.96. The number of benzene rings is 1. The Morgan fingerprint density at radius 3 is 2.83 bits per heavy atom. The first kappa shape index (κ1) is 15.0. The second-order valence-corrected chi connectivity index (χ2v) is 5.08. The van der Waals surface area contributed by atoms with E-state index in [0.29, 0.717) is 29.3 Å². The predicted octanol–water partition coefficient (Wildman–Crippen LogP) is 2.18. The van der Waals surface area contributed by atoms with Crippen molar-refractivity contribution in [2.24, 2.45) is 7.05 Å². The molecule has 0 amide bonds. The maximum Gasteiger partial charge on any atom is 0.338 e. The number of nitrogens with zero attached hydrogens (tertiary/aromatic N) is 4. The molecule has 0 N–H and O–H groups in total. The summed E-state index contributed by atoms with van der Waals surface area (Å²) in [7, 11) is 1.85. The lowest BCUT2D eigenvalue weighted by atomic mass is 10.1. The van der Waals surface area contributed by atoms with Crippen molar-refractivity contribution in [1.82, 2.24) is 20.0 Å². The minimum Gasteiger partial charge on any atom is -0.462 e. The fraction of sp³-hybridized carbons (Fsp3) is 0.250. The van der Waals surface area contributed by atoms with E-state index in [4.69, 9.17) is 9.15 Å². The molecular formula is C16H16N4O3. The molecule has 0 aliphatic rings. The Labute approximate surface area is 132 Å². The van der Waals surface area contributed by atoms with Gasteiger partial charge in [0.2, 0.25) is 11.8 Å². The highest BCUT2D eigenvalue weighted by Crippen LogP contribution is 2.23. The van der Waals surface area contributed by atoms with Gasteiger partial charge in [-0.3, -0.25) is 4.68 Å². The third-order valence-corrected chi connectivity index (χ3v) is 3.29. The summed E-state index contributed by atoms with van der Waals surface area (Å²) in [6.07, 6.45) is 4.26. The predicted molar refractivity (Wildman–Crippen MR) is 81.7 cm³/mol. The number of esters is 1. The Morgan fingerprint density at radius 2 is 2.13 bits per heavy atom. The Balaban J connectivity index is 1.70. The van der Waals surface area contributed by atoms with Crippen molar-refractivity contribution < 1.29 is 13.9 Å². The summed E-state index contributed by atoms with van der Waals surface area (Å²) in [5.41, 5.74) is 1.99. The first-order valence-corrected chi connectivity index (χ1v) is 7.17. The lowest BCUT2D eigenvalue weighted by molar-refractivity contribution is 0.0510. The van der Waals surface area contributed by atoms with Crippen LogP contribution in [0, 0.1) is 6.92 Å². The molecule has 0 fully saturated rings. The van der Waals surface area contributed by atoms with Crippen LogP contribution in [0.3, 0.4) is 0 Å². The average molecular weight is 312 g/mol. The maximum absolute atomic E-state index is 12.3. The van der Waals surface area contributed by atoms with Crippen LogP contribution in [0.25, 0.3) is 11.5 Å². The van der Waals surface area contributed by atoms with E-state index in [1.807, 2.05) is 13.2 Å². The van der Waals surface area contributed by atoms with E-state index < -0.39 is 5.97 Å². The molecular weight excluding hydrogens is 296 g/mol. The Morgan fingerprint density at radius 1 is 1.30 bits per heavy atom. The Bertz CT molecular complexity index is 822. The molecule has 0 bridgehead atoms. The molecule has 0 aliphatic heterocycles. The number of carbonyl (C=O) groups excluding carboxylic acids is 1. The van der Waals surface area contributed by atoms with Crippen LogP contribution in [-0.4, -0.2) is 32.6 Å². The van der Waals surface area contributed by atoms with Crippen LogP contribution < -0.4 is 0 Å². The van der Waals surface area contributed by atoms with Gasteiger partial charge in [0, 0.05) is 26.6 Å². The van der Waals surface area contributed by atoms with Crippen LogP contribution in [0.4, 0.5) is 0 Å². The molecule has 0 saturated heterocycles. The van der Waals surface area contributed by atoms with Gasteiger partial charge < -0.3 is 9.15 Å².